The second-order valence-electron chi connectivity index (χ2n) is 3.67. The van der Waals surface area contributed by atoms with E-state index in [1.165, 1.54) is 15.0 Å². The minimum atomic E-state index is 0.0344. The summed E-state index contributed by atoms with van der Waals surface area (Å²) in [5.74, 6) is 0.323. The highest BCUT2D eigenvalue weighted by Crippen LogP contribution is 2.39. The van der Waals surface area contributed by atoms with Gasteiger partial charge in [0, 0.05) is 34.1 Å². The predicted octanol–water partition coefficient (Wildman–Crippen LogP) is 4.28. The van der Waals surface area contributed by atoms with Crippen molar-refractivity contribution < 1.29 is 5.11 Å². The summed E-state index contributed by atoms with van der Waals surface area (Å²) >= 11 is 0. The third-order valence-electron chi connectivity index (χ3n) is 2.63. The van der Waals surface area contributed by atoms with Crippen LogP contribution in [0, 0.1) is 0 Å². The summed E-state index contributed by atoms with van der Waals surface area (Å²) in [4.78, 5) is 1.25. The minimum Gasteiger partial charge on any atom is -0.508 e. The zero-order valence-electron chi connectivity index (χ0n) is 8.63. The number of hydrogen-bond donors (Lipinski definition) is 1. The molecule has 0 aliphatic carbocycles. The summed E-state index contributed by atoms with van der Waals surface area (Å²) in [5, 5.41) is 12.8. The molecule has 3 rings (SSSR count). The lowest BCUT2D eigenvalue weighted by atomic mass is 10.3. The van der Waals surface area contributed by atoms with Crippen LogP contribution in [-0.4, -0.2) is 5.11 Å². The fourth-order valence-corrected chi connectivity index (χ4v) is 3.72. The molecule has 1 N–H and O–H groups in total. The molecule has 0 spiro atoms. The highest BCUT2D eigenvalue weighted by molar-refractivity contribution is 7.43. The molecule has 0 radical (unpaired) electrons. The topological polar surface area (TPSA) is 20.2 Å². The zero-order chi connectivity index (χ0) is 11.0. The van der Waals surface area contributed by atoms with Gasteiger partial charge < -0.3 is 5.11 Å². The Morgan fingerprint density at radius 3 is 2.38 bits per heavy atom. The van der Waals surface area contributed by atoms with Gasteiger partial charge in [0.05, 0.1) is 0 Å². The summed E-state index contributed by atoms with van der Waals surface area (Å²) in [7, 11) is 0.0344. The van der Waals surface area contributed by atoms with Crippen LogP contribution >= 0.6 is 10.5 Å². The van der Waals surface area contributed by atoms with Crippen LogP contribution in [0.15, 0.2) is 60.0 Å². The number of fused-ring (bicyclic) bond motifs is 1. The van der Waals surface area contributed by atoms with E-state index in [9.17, 15) is 5.11 Å². The molecule has 0 amide bonds. The first-order valence-electron chi connectivity index (χ1n) is 5.14. The fraction of sp³-hybridized carbons (Fsp3) is 0. The van der Waals surface area contributed by atoms with Crippen LogP contribution in [-0.2, 0) is 0 Å². The normalized spacial score (nSPS) is 11.9. The lowest BCUT2D eigenvalue weighted by Crippen LogP contribution is -1.68. The summed E-state index contributed by atoms with van der Waals surface area (Å²) in [6.07, 6.45) is 0. The van der Waals surface area contributed by atoms with Crippen LogP contribution in [0.3, 0.4) is 0 Å². The smallest absolute Gasteiger partial charge is 0.186 e. The molecule has 1 heterocycles. The Hall–Kier alpha value is -1.80. The second kappa shape index (κ2) is 3.65. The Labute approximate surface area is 96.6 Å². The number of phenols is 1. The number of thiophene rings is 1. The molecule has 1 atom stereocenters. The summed E-state index contributed by atoms with van der Waals surface area (Å²) in [6, 6.07) is 18.1. The predicted molar refractivity (Wildman–Crippen MR) is 69.4 cm³/mol. The standard InChI is InChI=1S/C14H10OS/c15-12-5-7-13(8-6-12)16-10-9-11-3-1-2-4-14(11)16/h1-10H/p+1. The van der Waals surface area contributed by atoms with Crippen molar-refractivity contribution in [2.75, 3.05) is 0 Å². The number of hydrogen-bond acceptors (Lipinski definition) is 1. The van der Waals surface area contributed by atoms with Crippen LogP contribution in [0.2, 0.25) is 0 Å². The molecule has 16 heavy (non-hydrogen) atoms. The molecular formula is C14H11OS+. The van der Waals surface area contributed by atoms with Gasteiger partial charge in [-0.2, -0.15) is 0 Å². The van der Waals surface area contributed by atoms with E-state index < -0.39 is 0 Å². The zero-order valence-corrected chi connectivity index (χ0v) is 9.45. The Kier molecular flexibility index (Phi) is 2.15. The van der Waals surface area contributed by atoms with Gasteiger partial charge in [-0.05, 0) is 24.3 Å². The molecule has 3 aromatic rings. The summed E-state index contributed by atoms with van der Waals surface area (Å²) in [6.45, 7) is 0. The molecule has 1 unspecified atom stereocenters. The molecule has 0 aliphatic rings. The van der Waals surface area contributed by atoms with Gasteiger partial charge in [0.15, 0.2) is 9.60 Å². The first-order valence-corrected chi connectivity index (χ1v) is 6.43. The average Bonchev–Trinajstić information content (AvgIpc) is 2.74. The van der Waals surface area contributed by atoms with Gasteiger partial charge in [-0.25, -0.2) is 0 Å². The minimum absolute atomic E-state index is 0.0344. The SMILES string of the molecule is Oc1ccc(-[s+]2ccc3ccccc32)cc1. The first kappa shape index (κ1) is 9.43. The summed E-state index contributed by atoms with van der Waals surface area (Å²) in [5.41, 5.74) is 0. The van der Waals surface area contributed by atoms with E-state index in [2.05, 4.69) is 35.7 Å². The largest absolute Gasteiger partial charge is 0.508 e. The van der Waals surface area contributed by atoms with Gasteiger partial charge >= 0.3 is 0 Å². The van der Waals surface area contributed by atoms with Crippen LogP contribution in [0.4, 0.5) is 0 Å². The number of benzene rings is 2. The van der Waals surface area contributed by atoms with E-state index >= 15 is 0 Å². The molecular weight excluding hydrogens is 216 g/mol. The average molecular weight is 227 g/mol. The quantitative estimate of drug-likeness (QED) is 0.615. The molecule has 2 aromatic carbocycles. The Morgan fingerprint density at radius 1 is 0.812 bits per heavy atom. The Morgan fingerprint density at radius 2 is 1.56 bits per heavy atom. The van der Waals surface area contributed by atoms with Crippen LogP contribution in [0.5, 0.6) is 5.75 Å². The third kappa shape index (κ3) is 1.48. The molecule has 0 fully saturated rings. The van der Waals surface area contributed by atoms with Gasteiger partial charge in [0.1, 0.15) is 11.1 Å². The molecule has 0 saturated carbocycles. The van der Waals surface area contributed by atoms with Gasteiger partial charge in [-0.3, -0.25) is 0 Å². The van der Waals surface area contributed by atoms with Gasteiger partial charge in [0.2, 0.25) is 0 Å². The second-order valence-corrected chi connectivity index (χ2v) is 5.53. The number of aromatic hydroxyl groups is 1. The fourth-order valence-electron chi connectivity index (χ4n) is 1.83. The molecule has 78 valence electrons. The molecule has 1 aromatic heterocycles. The lowest BCUT2D eigenvalue weighted by molar-refractivity contribution is 0.475. The van der Waals surface area contributed by atoms with Crippen molar-refractivity contribution in [3.05, 3.63) is 60.0 Å². The molecule has 0 saturated heterocycles. The van der Waals surface area contributed by atoms with Crippen molar-refractivity contribution in [2.24, 2.45) is 0 Å². The van der Waals surface area contributed by atoms with E-state index in [1.807, 2.05) is 12.1 Å². The molecule has 0 aliphatic heterocycles. The Balaban J connectivity index is 2.22. The van der Waals surface area contributed by atoms with Gasteiger partial charge in [-0.15, -0.1) is 0 Å². The third-order valence-corrected chi connectivity index (χ3v) is 4.66. The van der Waals surface area contributed by atoms with E-state index in [4.69, 9.17) is 0 Å². The lowest BCUT2D eigenvalue weighted by Gasteiger charge is -1.92. The Bertz CT molecular complexity index is 623. The van der Waals surface area contributed by atoms with Crippen molar-refractivity contribution in [2.45, 2.75) is 0 Å². The van der Waals surface area contributed by atoms with Crippen molar-refractivity contribution in [3.8, 4) is 10.6 Å². The van der Waals surface area contributed by atoms with E-state index in [0.29, 0.717) is 5.75 Å². The highest BCUT2D eigenvalue weighted by Gasteiger charge is 2.14. The van der Waals surface area contributed by atoms with E-state index in [1.54, 1.807) is 12.1 Å². The van der Waals surface area contributed by atoms with Crippen LogP contribution in [0.25, 0.3) is 15.0 Å². The van der Waals surface area contributed by atoms with Crippen molar-refractivity contribution in [1.29, 1.82) is 0 Å². The van der Waals surface area contributed by atoms with Gasteiger partial charge in [-0.1, -0.05) is 12.1 Å². The molecule has 1 nitrogen and oxygen atoms in total. The highest BCUT2D eigenvalue weighted by atomic mass is 32.2. The van der Waals surface area contributed by atoms with Crippen LogP contribution < -0.4 is 0 Å². The van der Waals surface area contributed by atoms with Crippen molar-refractivity contribution in [1.82, 2.24) is 0 Å². The van der Waals surface area contributed by atoms with Gasteiger partial charge in [0.25, 0.3) is 0 Å². The number of phenolic OH excluding ortho intramolecular Hbond substituents is 1. The molecule has 2 heteroatoms. The first-order chi connectivity index (χ1) is 7.84. The maximum Gasteiger partial charge on any atom is 0.186 e. The van der Waals surface area contributed by atoms with E-state index in [-0.39, 0.29) is 10.5 Å². The summed E-state index contributed by atoms with van der Waals surface area (Å²) < 4.78 is 1.37. The van der Waals surface area contributed by atoms with Crippen molar-refractivity contribution in [3.63, 3.8) is 0 Å². The molecule has 0 bridgehead atoms. The van der Waals surface area contributed by atoms with E-state index in [0.717, 1.165) is 0 Å². The van der Waals surface area contributed by atoms with Crippen molar-refractivity contribution >= 4 is 20.6 Å². The maximum atomic E-state index is 9.28. The van der Waals surface area contributed by atoms with Crippen LogP contribution in [0.1, 0.15) is 0 Å². The monoisotopic (exact) mass is 227 g/mol. The number of rotatable bonds is 1. The maximum absolute atomic E-state index is 9.28.